The van der Waals surface area contributed by atoms with Crippen molar-refractivity contribution < 1.29 is 13.2 Å². The Morgan fingerprint density at radius 2 is 2.00 bits per heavy atom. The van der Waals surface area contributed by atoms with Gasteiger partial charge in [0, 0.05) is 40.0 Å². The van der Waals surface area contributed by atoms with E-state index in [1.807, 2.05) is 61.7 Å². The van der Waals surface area contributed by atoms with Gasteiger partial charge < -0.3 is 4.98 Å². The molecule has 0 spiro atoms. The highest BCUT2D eigenvalue weighted by molar-refractivity contribution is 7.91. The van der Waals surface area contributed by atoms with Gasteiger partial charge in [-0.2, -0.15) is 5.10 Å². The second-order valence-corrected chi connectivity index (χ2v) is 10.6. The first kappa shape index (κ1) is 20.8. The van der Waals surface area contributed by atoms with Gasteiger partial charge in [-0.05, 0) is 40.3 Å². The topological polar surface area (TPSA) is 88.1 Å². The number of likely N-dealkylation sites (N-methyl/N-ethyl adjacent to an activating group) is 1. The Morgan fingerprint density at radius 3 is 2.70 bits per heavy atom. The van der Waals surface area contributed by atoms with Gasteiger partial charge in [0.25, 0.3) is 0 Å². The van der Waals surface area contributed by atoms with Crippen LogP contribution in [0.3, 0.4) is 0 Å². The molecule has 1 aliphatic heterocycles. The average Bonchev–Trinajstić information content (AvgIpc) is 3.29. The van der Waals surface area contributed by atoms with Crippen molar-refractivity contribution in [2.45, 2.75) is 39.8 Å². The maximum atomic E-state index is 13.0. The summed E-state index contributed by atoms with van der Waals surface area (Å²) in [5.74, 6) is 0.462. The van der Waals surface area contributed by atoms with E-state index in [0.717, 1.165) is 39.1 Å². The van der Waals surface area contributed by atoms with Crippen molar-refractivity contribution in [2.75, 3.05) is 25.1 Å². The number of para-hydroxylation sites is 1. The van der Waals surface area contributed by atoms with Crippen molar-refractivity contribution in [3.63, 3.8) is 0 Å². The third-order valence-corrected chi connectivity index (χ3v) is 7.79. The molecule has 1 atom stereocenters. The van der Waals surface area contributed by atoms with Crippen LogP contribution in [-0.4, -0.2) is 59.0 Å². The number of nitrogens with zero attached hydrogens (tertiary/aromatic N) is 3. The Labute approximate surface area is 177 Å². The van der Waals surface area contributed by atoms with Gasteiger partial charge in [0.05, 0.1) is 29.8 Å². The van der Waals surface area contributed by atoms with Gasteiger partial charge in [0.2, 0.25) is 0 Å². The number of Topliss-reactive ketones (excluding diaryl/α,β-unsaturated/α-hetero) is 1. The summed E-state index contributed by atoms with van der Waals surface area (Å²) >= 11 is 0. The molecule has 2 aromatic heterocycles. The second-order valence-electron chi connectivity index (χ2n) is 8.42. The lowest BCUT2D eigenvalue weighted by Gasteiger charge is -2.17. The van der Waals surface area contributed by atoms with Crippen LogP contribution in [0.4, 0.5) is 0 Å². The summed E-state index contributed by atoms with van der Waals surface area (Å²) in [5, 5.41) is 5.59. The predicted molar refractivity (Wildman–Crippen MR) is 118 cm³/mol. The van der Waals surface area contributed by atoms with Crippen LogP contribution >= 0.6 is 0 Å². The van der Waals surface area contributed by atoms with Crippen molar-refractivity contribution in [1.82, 2.24) is 19.7 Å². The summed E-state index contributed by atoms with van der Waals surface area (Å²) < 4.78 is 25.6. The third kappa shape index (κ3) is 3.81. The van der Waals surface area contributed by atoms with Crippen LogP contribution in [0.1, 0.15) is 45.5 Å². The SMILES string of the molecule is Cc1nn(C2CCS(=O)(=O)C2)c(C)c1CN(C)CC(=O)c1c(C)[nH]c2ccccc12. The van der Waals surface area contributed by atoms with Crippen LogP contribution in [0.5, 0.6) is 0 Å². The molecule has 0 amide bonds. The molecule has 1 fully saturated rings. The minimum atomic E-state index is -2.97. The molecule has 1 saturated heterocycles. The lowest BCUT2D eigenvalue weighted by atomic mass is 10.1. The van der Waals surface area contributed by atoms with E-state index in [9.17, 15) is 13.2 Å². The minimum absolute atomic E-state index is 0.0806. The van der Waals surface area contributed by atoms with Crippen molar-refractivity contribution in [1.29, 1.82) is 0 Å². The number of aryl methyl sites for hydroxylation is 2. The molecule has 3 aromatic rings. The number of hydrogen-bond acceptors (Lipinski definition) is 5. The number of sulfone groups is 1. The molecule has 0 saturated carbocycles. The molecule has 3 heterocycles. The van der Waals surface area contributed by atoms with Crippen molar-refractivity contribution in [2.24, 2.45) is 0 Å². The minimum Gasteiger partial charge on any atom is -0.358 e. The summed E-state index contributed by atoms with van der Waals surface area (Å²) in [6, 6.07) is 7.76. The van der Waals surface area contributed by atoms with E-state index in [0.29, 0.717) is 19.5 Å². The zero-order valence-electron chi connectivity index (χ0n) is 17.9. The summed E-state index contributed by atoms with van der Waals surface area (Å²) in [4.78, 5) is 18.3. The Hall–Kier alpha value is -2.45. The Morgan fingerprint density at radius 1 is 1.27 bits per heavy atom. The van der Waals surface area contributed by atoms with Gasteiger partial charge in [-0.3, -0.25) is 14.4 Å². The number of carbonyl (C=O) groups excluding carboxylic acids is 1. The third-order valence-electron chi connectivity index (χ3n) is 6.04. The number of benzene rings is 1. The van der Waals surface area contributed by atoms with E-state index in [1.54, 1.807) is 0 Å². The fourth-order valence-corrected chi connectivity index (χ4v) is 6.23. The molecular formula is C22H28N4O3S. The van der Waals surface area contributed by atoms with Crippen LogP contribution < -0.4 is 0 Å². The number of aromatic amines is 1. The Bertz CT molecular complexity index is 1220. The highest BCUT2D eigenvalue weighted by Crippen LogP contribution is 2.27. The second kappa shape index (κ2) is 7.67. The van der Waals surface area contributed by atoms with Gasteiger partial charge in [0.15, 0.2) is 15.6 Å². The Balaban J connectivity index is 1.51. The molecule has 0 bridgehead atoms. The zero-order valence-corrected chi connectivity index (χ0v) is 18.7. The maximum absolute atomic E-state index is 13.0. The van der Waals surface area contributed by atoms with Crippen molar-refractivity contribution >= 4 is 26.5 Å². The zero-order chi connectivity index (χ0) is 21.6. The van der Waals surface area contributed by atoms with Gasteiger partial charge in [0.1, 0.15) is 0 Å². The maximum Gasteiger partial charge on any atom is 0.179 e. The number of H-pyrrole nitrogens is 1. The summed E-state index contributed by atoms with van der Waals surface area (Å²) in [6.45, 7) is 6.75. The van der Waals surface area contributed by atoms with Gasteiger partial charge in [-0.15, -0.1) is 0 Å². The number of fused-ring (bicyclic) bond motifs is 1. The fourth-order valence-electron chi connectivity index (χ4n) is 4.54. The predicted octanol–water partition coefficient (Wildman–Crippen LogP) is 2.96. The van der Waals surface area contributed by atoms with Gasteiger partial charge in [-0.25, -0.2) is 8.42 Å². The van der Waals surface area contributed by atoms with Crippen LogP contribution in [0.2, 0.25) is 0 Å². The molecule has 0 radical (unpaired) electrons. The van der Waals surface area contributed by atoms with E-state index in [4.69, 9.17) is 0 Å². The smallest absolute Gasteiger partial charge is 0.179 e. The molecule has 8 heteroatoms. The largest absolute Gasteiger partial charge is 0.358 e. The lowest BCUT2D eigenvalue weighted by molar-refractivity contribution is 0.0944. The number of rotatable bonds is 6. The fraction of sp³-hybridized carbons (Fsp3) is 0.455. The van der Waals surface area contributed by atoms with Gasteiger partial charge in [-0.1, -0.05) is 18.2 Å². The Kier molecular flexibility index (Phi) is 5.32. The number of ketones is 1. The molecule has 1 N–H and O–H groups in total. The number of nitrogens with one attached hydrogen (secondary N) is 1. The first-order valence-corrected chi connectivity index (χ1v) is 12.0. The molecule has 160 valence electrons. The number of aromatic nitrogens is 3. The van der Waals surface area contributed by atoms with Crippen molar-refractivity contribution in [3.8, 4) is 0 Å². The van der Waals surface area contributed by atoms with Crippen LogP contribution in [0, 0.1) is 20.8 Å². The average molecular weight is 429 g/mol. The van der Waals surface area contributed by atoms with Crippen LogP contribution in [0.15, 0.2) is 24.3 Å². The van der Waals surface area contributed by atoms with E-state index in [-0.39, 0.29) is 23.3 Å². The van der Waals surface area contributed by atoms with Crippen LogP contribution in [0.25, 0.3) is 10.9 Å². The normalized spacial score (nSPS) is 18.5. The molecule has 1 unspecified atom stereocenters. The standard InChI is InChI=1S/C22H28N4O3S/c1-14-19(16(3)26(24-14)17-9-10-30(28,29)13-17)11-25(4)12-21(27)22-15(2)23-20-8-6-5-7-18(20)22/h5-8,17,23H,9-13H2,1-4H3. The molecular weight excluding hydrogens is 400 g/mol. The van der Waals surface area contributed by atoms with Crippen molar-refractivity contribution in [3.05, 3.63) is 52.5 Å². The molecule has 4 rings (SSSR count). The molecule has 1 aromatic carbocycles. The molecule has 7 nitrogen and oxygen atoms in total. The highest BCUT2D eigenvalue weighted by atomic mass is 32.2. The molecule has 1 aliphatic rings. The monoisotopic (exact) mass is 428 g/mol. The van der Waals surface area contributed by atoms with E-state index < -0.39 is 9.84 Å². The first-order valence-electron chi connectivity index (χ1n) is 10.2. The first-order chi connectivity index (χ1) is 14.2. The van der Waals surface area contributed by atoms with Gasteiger partial charge >= 0.3 is 0 Å². The summed E-state index contributed by atoms with van der Waals surface area (Å²) in [6.07, 6.45) is 0.609. The highest BCUT2D eigenvalue weighted by Gasteiger charge is 2.31. The number of carbonyl (C=O) groups is 1. The number of hydrogen-bond donors (Lipinski definition) is 1. The summed E-state index contributed by atoms with van der Waals surface area (Å²) in [7, 11) is -1.04. The lowest BCUT2D eigenvalue weighted by Crippen LogP contribution is -2.26. The summed E-state index contributed by atoms with van der Waals surface area (Å²) in [5.41, 5.74) is 5.54. The van der Waals surface area contributed by atoms with E-state index in [2.05, 4.69) is 10.1 Å². The van der Waals surface area contributed by atoms with E-state index in [1.165, 1.54) is 0 Å². The molecule has 0 aliphatic carbocycles. The van der Waals surface area contributed by atoms with E-state index >= 15 is 0 Å². The quantitative estimate of drug-likeness (QED) is 0.610. The van der Waals surface area contributed by atoms with Crippen LogP contribution in [-0.2, 0) is 16.4 Å². The molecule has 30 heavy (non-hydrogen) atoms.